The van der Waals surface area contributed by atoms with Gasteiger partial charge in [0.2, 0.25) is 5.88 Å². The van der Waals surface area contributed by atoms with E-state index < -0.39 is 0 Å². The van der Waals surface area contributed by atoms with E-state index in [1.807, 2.05) is 0 Å². The van der Waals surface area contributed by atoms with Gasteiger partial charge < -0.3 is 19.9 Å². The van der Waals surface area contributed by atoms with Crippen LogP contribution in [-0.4, -0.2) is 24.2 Å². The van der Waals surface area contributed by atoms with Crippen molar-refractivity contribution >= 4 is 28.2 Å². The largest absolute Gasteiger partial charge is 0.493 e. The summed E-state index contributed by atoms with van der Waals surface area (Å²) in [5, 5.41) is 1.16. The van der Waals surface area contributed by atoms with Gasteiger partial charge in [0.1, 0.15) is 12.1 Å². The molecule has 0 amide bonds. The average molecular weight is 332 g/mol. The Morgan fingerprint density at radius 3 is 2.43 bits per heavy atom. The van der Waals surface area contributed by atoms with Crippen LogP contribution in [0.15, 0.2) is 36.7 Å². The van der Waals surface area contributed by atoms with Gasteiger partial charge in [-0.2, -0.15) is 0 Å². The number of methoxy groups -OCH3 is 2. The van der Waals surface area contributed by atoms with Crippen LogP contribution in [-0.2, 0) is 0 Å². The van der Waals surface area contributed by atoms with Crippen LogP contribution in [0.5, 0.6) is 23.1 Å². The minimum atomic E-state index is 0.387. The molecule has 23 heavy (non-hydrogen) atoms. The van der Waals surface area contributed by atoms with E-state index >= 15 is 0 Å². The summed E-state index contributed by atoms with van der Waals surface area (Å²) in [7, 11) is 3.13. The first kappa shape index (κ1) is 15.2. The van der Waals surface area contributed by atoms with Gasteiger partial charge in [0.05, 0.1) is 35.8 Å². The van der Waals surface area contributed by atoms with Gasteiger partial charge in [-0.1, -0.05) is 11.6 Å². The van der Waals surface area contributed by atoms with Gasteiger partial charge in [-0.3, -0.25) is 0 Å². The number of aromatic nitrogens is 2. The van der Waals surface area contributed by atoms with Crippen molar-refractivity contribution in [1.82, 2.24) is 9.97 Å². The third kappa shape index (κ3) is 2.93. The molecule has 1 heterocycles. The summed E-state index contributed by atoms with van der Waals surface area (Å²) in [5.74, 6) is 2.06. The highest BCUT2D eigenvalue weighted by Crippen LogP contribution is 2.36. The van der Waals surface area contributed by atoms with Crippen molar-refractivity contribution in [3.8, 4) is 23.1 Å². The van der Waals surface area contributed by atoms with E-state index in [-0.39, 0.29) is 0 Å². The van der Waals surface area contributed by atoms with Crippen LogP contribution in [0.25, 0.3) is 10.9 Å². The van der Waals surface area contributed by atoms with Crippen molar-refractivity contribution in [1.29, 1.82) is 0 Å². The van der Waals surface area contributed by atoms with Crippen molar-refractivity contribution in [2.45, 2.75) is 0 Å². The Bertz CT molecular complexity index is 871. The summed E-state index contributed by atoms with van der Waals surface area (Å²) >= 11 is 5.92. The normalized spacial score (nSPS) is 10.6. The van der Waals surface area contributed by atoms with Crippen LogP contribution in [0, 0.1) is 0 Å². The summed E-state index contributed by atoms with van der Waals surface area (Å²) in [6, 6.07) is 8.55. The van der Waals surface area contributed by atoms with Crippen LogP contribution in [0.1, 0.15) is 0 Å². The Morgan fingerprint density at radius 1 is 1.00 bits per heavy atom. The maximum atomic E-state index is 5.92. The Morgan fingerprint density at radius 2 is 1.74 bits per heavy atom. The summed E-state index contributed by atoms with van der Waals surface area (Å²) in [6.45, 7) is 0. The summed E-state index contributed by atoms with van der Waals surface area (Å²) in [5.41, 5.74) is 6.90. The van der Waals surface area contributed by atoms with Crippen LogP contribution < -0.4 is 19.9 Å². The molecule has 3 aromatic rings. The van der Waals surface area contributed by atoms with Crippen molar-refractivity contribution in [2.75, 3.05) is 20.0 Å². The van der Waals surface area contributed by atoms with E-state index in [4.69, 9.17) is 31.5 Å². The third-order valence-corrected chi connectivity index (χ3v) is 3.63. The van der Waals surface area contributed by atoms with Crippen molar-refractivity contribution in [2.24, 2.45) is 0 Å². The molecule has 0 aliphatic heterocycles. The van der Waals surface area contributed by atoms with Gasteiger partial charge >= 0.3 is 0 Å². The highest BCUT2D eigenvalue weighted by molar-refractivity contribution is 6.33. The van der Waals surface area contributed by atoms with E-state index in [9.17, 15) is 0 Å². The maximum absolute atomic E-state index is 5.92. The number of nitrogens with two attached hydrogens (primary N) is 1. The molecule has 2 aromatic carbocycles. The summed E-state index contributed by atoms with van der Waals surface area (Å²) in [4.78, 5) is 8.41. The number of hydrogen-bond donors (Lipinski definition) is 1. The van der Waals surface area contributed by atoms with Crippen LogP contribution in [0.4, 0.5) is 5.69 Å². The smallest absolute Gasteiger partial charge is 0.230 e. The predicted molar refractivity (Wildman–Crippen MR) is 88.6 cm³/mol. The molecule has 1 aromatic heterocycles. The number of nitrogens with zero attached hydrogens (tertiary/aromatic N) is 2. The number of nitrogen functional groups attached to an aromatic ring is 1. The van der Waals surface area contributed by atoms with E-state index in [1.165, 1.54) is 6.33 Å². The monoisotopic (exact) mass is 331 g/mol. The van der Waals surface area contributed by atoms with Gasteiger partial charge in [0.15, 0.2) is 11.5 Å². The number of fused-ring (bicyclic) bond motifs is 1. The second kappa shape index (κ2) is 6.18. The molecule has 0 aliphatic rings. The topological polar surface area (TPSA) is 79.5 Å². The molecule has 0 fully saturated rings. The number of benzene rings is 2. The van der Waals surface area contributed by atoms with E-state index in [0.29, 0.717) is 44.7 Å². The van der Waals surface area contributed by atoms with Crippen LogP contribution in [0.2, 0.25) is 5.02 Å². The van der Waals surface area contributed by atoms with Crippen molar-refractivity contribution < 1.29 is 14.2 Å². The first-order valence-electron chi connectivity index (χ1n) is 6.72. The molecule has 7 heteroatoms. The molecule has 0 saturated heterocycles. The molecule has 2 N–H and O–H groups in total. The minimum Gasteiger partial charge on any atom is -0.493 e. The van der Waals surface area contributed by atoms with Gasteiger partial charge in [-0.05, 0) is 18.2 Å². The number of ether oxygens (including phenoxy) is 3. The Hall–Kier alpha value is -2.73. The van der Waals surface area contributed by atoms with E-state index in [0.717, 1.165) is 0 Å². The molecule has 6 nitrogen and oxygen atoms in total. The quantitative estimate of drug-likeness (QED) is 0.735. The van der Waals surface area contributed by atoms with E-state index in [2.05, 4.69) is 9.97 Å². The molecule has 0 atom stereocenters. The molecule has 3 rings (SSSR count). The maximum Gasteiger partial charge on any atom is 0.230 e. The standard InChI is InChI=1S/C16H14ClN3O3/c1-21-14-6-10-13(7-15(14)22-2)19-8-20-16(10)23-9-3-4-11(17)12(18)5-9/h3-8H,18H2,1-2H3. The lowest BCUT2D eigenvalue weighted by atomic mass is 10.2. The Kier molecular flexibility index (Phi) is 4.08. The highest BCUT2D eigenvalue weighted by Gasteiger charge is 2.12. The molecule has 0 aliphatic carbocycles. The van der Waals surface area contributed by atoms with Crippen molar-refractivity contribution in [3.05, 3.63) is 41.7 Å². The first-order chi connectivity index (χ1) is 11.1. The lowest BCUT2D eigenvalue weighted by molar-refractivity contribution is 0.355. The van der Waals surface area contributed by atoms with Crippen molar-refractivity contribution in [3.63, 3.8) is 0 Å². The molecule has 0 spiro atoms. The number of halogens is 1. The predicted octanol–water partition coefficient (Wildman–Crippen LogP) is 3.67. The Balaban J connectivity index is 2.08. The van der Waals surface area contributed by atoms with Gasteiger partial charge in [-0.15, -0.1) is 0 Å². The molecule has 118 valence electrons. The highest BCUT2D eigenvalue weighted by atomic mass is 35.5. The second-order valence-corrected chi connectivity index (χ2v) is 5.10. The molecular weight excluding hydrogens is 318 g/mol. The summed E-state index contributed by atoms with van der Waals surface area (Å²) in [6.07, 6.45) is 1.42. The average Bonchev–Trinajstić information content (AvgIpc) is 2.57. The van der Waals surface area contributed by atoms with Gasteiger partial charge in [0, 0.05) is 12.1 Å². The number of hydrogen-bond acceptors (Lipinski definition) is 6. The van der Waals surface area contributed by atoms with E-state index in [1.54, 1.807) is 44.6 Å². The zero-order valence-corrected chi connectivity index (χ0v) is 13.3. The van der Waals surface area contributed by atoms with Crippen LogP contribution >= 0.6 is 11.6 Å². The van der Waals surface area contributed by atoms with Crippen LogP contribution in [0.3, 0.4) is 0 Å². The SMILES string of the molecule is COc1cc2ncnc(Oc3ccc(Cl)c(N)c3)c2cc1OC. The molecule has 0 radical (unpaired) electrons. The van der Waals surface area contributed by atoms with Gasteiger partial charge in [0.25, 0.3) is 0 Å². The summed E-state index contributed by atoms with van der Waals surface area (Å²) < 4.78 is 16.4. The fourth-order valence-corrected chi connectivity index (χ4v) is 2.26. The molecule has 0 bridgehead atoms. The lowest BCUT2D eigenvalue weighted by Gasteiger charge is -2.11. The number of anilines is 1. The fraction of sp³-hybridized carbons (Fsp3) is 0.125. The third-order valence-electron chi connectivity index (χ3n) is 3.29. The zero-order valence-electron chi connectivity index (χ0n) is 12.5. The zero-order chi connectivity index (χ0) is 16.4. The molecule has 0 unspecified atom stereocenters. The molecular formula is C16H14ClN3O3. The lowest BCUT2D eigenvalue weighted by Crippen LogP contribution is -1.95. The minimum absolute atomic E-state index is 0.387. The van der Waals surface area contributed by atoms with Gasteiger partial charge in [-0.25, -0.2) is 9.97 Å². The fourth-order valence-electron chi connectivity index (χ4n) is 2.14. The first-order valence-corrected chi connectivity index (χ1v) is 7.09. The Labute approximate surface area is 137 Å². The second-order valence-electron chi connectivity index (χ2n) is 4.69. The molecule has 0 saturated carbocycles. The number of rotatable bonds is 4.